The van der Waals surface area contributed by atoms with Gasteiger partial charge in [-0.05, 0) is 31.1 Å². The zero-order valence-electron chi connectivity index (χ0n) is 8.57. The van der Waals surface area contributed by atoms with Gasteiger partial charge in [0.05, 0.1) is 0 Å². The Morgan fingerprint density at radius 3 is 2.33 bits per heavy atom. The molecule has 0 spiro atoms. The molecular formula is C12H23. The molecule has 0 saturated heterocycles. The summed E-state index contributed by atoms with van der Waals surface area (Å²) in [5.41, 5.74) is 0.661. The molecule has 0 aliphatic heterocycles. The summed E-state index contributed by atoms with van der Waals surface area (Å²) >= 11 is 0. The summed E-state index contributed by atoms with van der Waals surface area (Å²) in [6.07, 6.45) is 12.7. The molecular weight excluding hydrogens is 144 g/mol. The molecule has 71 valence electrons. The van der Waals surface area contributed by atoms with Crippen molar-refractivity contribution in [3.8, 4) is 0 Å². The molecule has 0 atom stereocenters. The van der Waals surface area contributed by atoms with Crippen molar-refractivity contribution in [2.75, 3.05) is 0 Å². The fraction of sp³-hybridized carbons (Fsp3) is 0.917. The van der Waals surface area contributed by atoms with Gasteiger partial charge in [-0.25, -0.2) is 0 Å². The molecule has 0 aromatic carbocycles. The van der Waals surface area contributed by atoms with Crippen molar-refractivity contribution in [1.29, 1.82) is 0 Å². The minimum absolute atomic E-state index is 0.661. The lowest BCUT2D eigenvalue weighted by molar-refractivity contribution is 0.170. The Bertz CT molecular complexity index is 109. The first-order valence-corrected chi connectivity index (χ1v) is 5.62. The van der Waals surface area contributed by atoms with Crippen LogP contribution in [0.25, 0.3) is 0 Å². The Morgan fingerprint density at radius 1 is 1.17 bits per heavy atom. The summed E-state index contributed by atoms with van der Waals surface area (Å²) in [7, 11) is 0. The maximum Gasteiger partial charge on any atom is -0.0297 e. The monoisotopic (exact) mass is 167 g/mol. The second-order valence-electron chi connectivity index (χ2n) is 4.41. The van der Waals surface area contributed by atoms with Crippen molar-refractivity contribution in [2.24, 2.45) is 5.41 Å². The van der Waals surface area contributed by atoms with Gasteiger partial charge < -0.3 is 0 Å². The van der Waals surface area contributed by atoms with Crippen LogP contribution in [-0.4, -0.2) is 0 Å². The zero-order chi connectivity index (χ0) is 8.86. The highest BCUT2D eigenvalue weighted by Crippen LogP contribution is 2.42. The molecule has 0 N–H and O–H groups in total. The first-order valence-electron chi connectivity index (χ1n) is 5.62. The third kappa shape index (κ3) is 2.50. The topological polar surface area (TPSA) is 0 Å². The molecule has 1 fully saturated rings. The van der Waals surface area contributed by atoms with E-state index in [1.807, 2.05) is 0 Å². The molecule has 1 radical (unpaired) electrons. The van der Waals surface area contributed by atoms with E-state index >= 15 is 0 Å². The lowest BCUT2D eigenvalue weighted by atomic mass is 9.69. The molecule has 0 aromatic rings. The molecule has 0 aromatic heterocycles. The van der Waals surface area contributed by atoms with Gasteiger partial charge in [0.1, 0.15) is 0 Å². The van der Waals surface area contributed by atoms with Crippen LogP contribution in [0.3, 0.4) is 0 Å². The van der Waals surface area contributed by atoms with Gasteiger partial charge >= 0.3 is 0 Å². The van der Waals surface area contributed by atoms with Gasteiger partial charge in [-0.2, -0.15) is 0 Å². The number of unbranched alkanes of at least 4 members (excludes halogenated alkanes) is 1. The van der Waals surface area contributed by atoms with Gasteiger partial charge in [0.25, 0.3) is 0 Å². The Morgan fingerprint density at radius 2 is 1.83 bits per heavy atom. The van der Waals surface area contributed by atoms with E-state index in [1.54, 1.807) is 0 Å². The van der Waals surface area contributed by atoms with Crippen LogP contribution in [0.4, 0.5) is 0 Å². The molecule has 1 rings (SSSR count). The van der Waals surface area contributed by atoms with Crippen molar-refractivity contribution in [3.63, 3.8) is 0 Å². The molecule has 1 aliphatic carbocycles. The van der Waals surface area contributed by atoms with E-state index < -0.39 is 0 Å². The Kier molecular flexibility index (Phi) is 4.11. The molecule has 0 heteroatoms. The molecule has 0 bridgehead atoms. The standard InChI is InChI=1S/C12H23/c1-3-5-9-12(4-2)10-7-6-8-11-12/h2-11H2,1H3. The molecule has 1 saturated carbocycles. The maximum atomic E-state index is 4.13. The second kappa shape index (κ2) is 4.89. The lowest BCUT2D eigenvalue weighted by Gasteiger charge is -2.36. The van der Waals surface area contributed by atoms with Gasteiger partial charge in [0, 0.05) is 0 Å². The van der Waals surface area contributed by atoms with Gasteiger partial charge in [0.2, 0.25) is 0 Å². The van der Waals surface area contributed by atoms with E-state index in [1.165, 1.54) is 57.8 Å². The Balaban J connectivity index is 2.37. The summed E-state index contributed by atoms with van der Waals surface area (Å²) in [4.78, 5) is 0. The van der Waals surface area contributed by atoms with Crippen LogP contribution in [0.15, 0.2) is 0 Å². The van der Waals surface area contributed by atoms with Crippen molar-refractivity contribution >= 4 is 0 Å². The van der Waals surface area contributed by atoms with E-state index in [0.717, 1.165) is 0 Å². The second-order valence-corrected chi connectivity index (χ2v) is 4.41. The average Bonchev–Trinajstić information content (AvgIpc) is 2.16. The summed E-state index contributed by atoms with van der Waals surface area (Å²) in [5, 5.41) is 0. The van der Waals surface area contributed by atoms with Crippen LogP contribution < -0.4 is 0 Å². The highest BCUT2D eigenvalue weighted by molar-refractivity contribution is 4.83. The van der Waals surface area contributed by atoms with Crippen LogP contribution in [-0.2, 0) is 0 Å². The van der Waals surface area contributed by atoms with Crippen molar-refractivity contribution < 1.29 is 0 Å². The number of hydrogen-bond acceptors (Lipinski definition) is 0. The number of rotatable bonds is 4. The normalized spacial score (nSPS) is 22.5. The van der Waals surface area contributed by atoms with Crippen LogP contribution in [0.1, 0.15) is 64.7 Å². The summed E-state index contributed by atoms with van der Waals surface area (Å²) in [6.45, 7) is 6.43. The Hall–Kier alpha value is 0. The predicted octanol–water partition coefficient (Wildman–Crippen LogP) is 4.35. The maximum absolute atomic E-state index is 4.13. The van der Waals surface area contributed by atoms with E-state index in [4.69, 9.17) is 0 Å². The molecule has 12 heavy (non-hydrogen) atoms. The highest BCUT2D eigenvalue weighted by Gasteiger charge is 2.28. The van der Waals surface area contributed by atoms with E-state index in [9.17, 15) is 0 Å². The van der Waals surface area contributed by atoms with Crippen LogP contribution in [0, 0.1) is 12.3 Å². The summed E-state index contributed by atoms with van der Waals surface area (Å²) < 4.78 is 0. The predicted molar refractivity (Wildman–Crippen MR) is 55.0 cm³/mol. The molecule has 0 nitrogen and oxygen atoms in total. The lowest BCUT2D eigenvalue weighted by Crippen LogP contribution is -2.23. The highest BCUT2D eigenvalue weighted by atomic mass is 14.3. The van der Waals surface area contributed by atoms with Gasteiger partial charge in [-0.3, -0.25) is 0 Å². The first kappa shape index (κ1) is 10.1. The minimum Gasteiger partial charge on any atom is -0.0654 e. The zero-order valence-corrected chi connectivity index (χ0v) is 8.57. The van der Waals surface area contributed by atoms with Crippen LogP contribution in [0.5, 0.6) is 0 Å². The largest absolute Gasteiger partial charge is 0.0654 e. The van der Waals surface area contributed by atoms with Crippen molar-refractivity contribution in [2.45, 2.75) is 64.7 Å². The summed E-state index contributed by atoms with van der Waals surface area (Å²) in [5.74, 6) is 0. The van der Waals surface area contributed by atoms with Crippen molar-refractivity contribution in [3.05, 3.63) is 6.92 Å². The minimum atomic E-state index is 0.661. The van der Waals surface area contributed by atoms with Gasteiger partial charge in [-0.1, -0.05) is 46.0 Å². The quantitative estimate of drug-likeness (QED) is 0.584. The Labute approximate surface area is 77.7 Å². The summed E-state index contributed by atoms with van der Waals surface area (Å²) in [6, 6.07) is 0. The van der Waals surface area contributed by atoms with E-state index in [0.29, 0.717) is 5.41 Å². The van der Waals surface area contributed by atoms with E-state index in [-0.39, 0.29) is 0 Å². The third-order valence-electron chi connectivity index (χ3n) is 3.51. The fourth-order valence-electron chi connectivity index (χ4n) is 2.48. The smallest absolute Gasteiger partial charge is 0.0297 e. The number of hydrogen-bond donors (Lipinski definition) is 0. The molecule has 0 unspecified atom stereocenters. The molecule has 1 aliphatic rings. The SMILES string of the molecule is [CH2]CC1(CCCC)CCCCC1. The molecule has 0 amide bonds. The van der Waals surface area contributed by atoms with Gasteiger partial charge in [0.15, 0.2) is 0 Å². The van der Waals surface area contributed by atoms with Crippen LogP contribution >= 0.6 is 0 Å². The van der Waals surface area contributed by atoms with Crippen molar-refractivity contribution in [1.82, 2.24) is 0 Å². The fourth-order valence-corrected chi connectivity index (χ4v) is 2.48. The first-order chi connectivity index (χ1) is 5.83. The third-order valence-corrected chi connectivity index (χ3v) is 3.51. The van der Waals surface area contributed by atoms with Gasteiger partial charge in [-0.15, -0.1) is 0 Å². The average molecular weight is 167 g/mol. The molecule has 0 heterocycles. The van der Waals surface area contributed by atoms with Crippen LogP contribution in [0.2, 0.25) is 0 Å². The van der Waals surface area contributed by atoms with E-state index in [2.05, 4.69) is 13.8 Å².